The molecule has 0 aliphatic carbocycles. The van der Waals surface area contributed by atoms with Crippen molar-refractivity contribution in [3.63, 3.8) is 0 Å². The Morgan fingerprint density at radius 3 is 2.68 bits per heavy atom. The first-order valence-electron chi connectivity index (χ1n) is 8.25. The molecule has 0 bridgehead atoms. The van der Waals surface area contributed by atoms with Crippen LogP contribution in [-0.2, 0) is 11.2 Å². The van der Waals surface area contributed by atoms with Crippen molar-refractivity contribution < 1.29 is 9.15 Å². The lowest BCUT2D eigenvalue weighted by Gasteiger charge is -2.10. The lowest BCUT2D eigenvalue weighted by Crippen LogP contribution is -2.38. The van der Waals surface area contributed by atoms with Gasteiger partial charge in [-0.2, -0.15) is 0 Å². The summed E-state index contributed by atoms with van der Waals surface area (Å²) < 4.78 is 10.6. The van der Waals surface area contributed by atoms with Crippen molar-refractivity contribution in [1.29, 1.82) is 0 Å². The second-order valence-corrected chi connectivity index (χ2v) is 5.44. The van der Waals surface area contributed by atoms with E-state index in [1.807, 2.05) is 19.1 Å². The molecule has 0 saturated heterocycles. The fourth-order valence-corrected chi connectivity index (χ4v) is 2.15. The van der Waals surface area contributed by atoms with Crippen LogP contribution in [0, 0.1) is 6.92 Å². The van der Waals surface area contributed by atoms with Gasteiger partial charge in [-0.15, -0.1) is 24.0 Å². The van der Waals surface area contributed by atoms with Gasteiger partial charge in [-0.1, -0.05) is 17.7 Å². The number of oxazole rings is 1. The summed E-state index contributed by atoms with van der Waals surface area (Å²) in [5, 5.41) is 6.49. The second kappa shape index (κ2) is 11.9. The van der Waals surface area contributed by atoms with E-state index in [9.17, 15) is 0 Å². The molecule has 25 heavy (non-hydrogen) atoms. The molecule has 2 N–H and O–H groups in total. The van der Waals surface area contributed by atoms with Crippen LogP contribution in [0.3, 0.4) is 0 Å². The first kappa shape index (κ1) is 21.4. The number of guanidine groups is 1. The van der Waals surface area contributed by atoms with Gasteiger partial charge in [0, 0.05) is 32.2 Å². The van der Waals surface area contributed by atoms with Crippen molar-refractivity contribution in [3.8, 4) is 11.5 Å². The Morgan fingerprint density at radius 1 is 1.24 bits per heavy atom. The highest BCUT2D eigenvalue weighted by Crippen LogP contribution is 2.19. The van der Waals surface area contributed by atoms with Crippen LogP contribution in [0.4, 0.5) is 0 Å². The lowest BCUT2D eigenvalue weighted by atomic mass is 10.1. The zero-order chi connectivity index (χ0) is 17.2. The molecule has 0 amide bonds. The molecule has 1 heterocycles. The Labute approximate surface area is 166 Å². The van der Waals surface area contributed by atoms with Crippen molar-refractivity contribution in [2.75, 3.05) is 33.4 Å². The van der Waals surface area contributed by atoms with Gasteiger partial charge >= 0.3 is 0 Å². The first-order valence-corrected chi connectivity index (χ1v) is 8.25. The highest BCUT2D eigenvalue weighted by Gasteiger charge is 2.06. The third-order valence-electron chi connectivity index (χ3n) is 3.43. The first-order chi connectivity index (χ1) is 11.7. The highest BCUT2D eigenvalue weighted by atomic mass is 127. The minimum atomic E-state index is 0. The van der Waals surface area contributed by atoms with Crippen molar-refractivity contribution in [1.82, 2.24) is 15.6 Å². The van der Waals surface area contributed by atoms with E-state index in [0.29, 0.717) is 19.0 Å². The lowest BCUT2D eigenvalue weighted by molar-refractivity contribution is 0.208. The average Bonchev–Trinajstić information content (AvgIpc) is 3.04. The summed E-state index contributed by atoms with van der Waals surface area (Å²) in [6, 6.07) is 8.16. The molecule has 2 aromatic rings. The topological polar surface area (TPSA) is 71.7 Å². The Bertz CT molecular complexity index is 641. The van der Waals surface area contributed by atoms with Gasteiger partial charge in [-0.25, -0.2) is 4.98 Å². The minimum absolute atomic E-state index is 0. The summed E-state index contributed by atoms with van der Waals surface area (Å²) in [5.74, 6) is 1.45. The largest absolute Gasteiger partial charge is 0.444 e. The number of nitrogens with zero attached hydrogens (tertiary/aromatic N) is 2. The fraction of sp³-hybridized carbons (Fsp3) is 0.444. The SMILES string of the molecule is CCNC(=NCCOC)NCCc1coc(-c2ccc(C)cc2)n1.I. The number of benzene rings is 1. The summed E-state index contributed by atoms with van der Waals surface area (Å²) in [7, 11) is 1.67. The Hall–Kier alpha value is -1.61. The zero-order valence-corrected chi connectivity index (χ0v) is 17.4. The number of ether oxygens (including phenoxy) is 1. The summed E-state index contributed by atoms with van der Waals surface area (Å²) in [5.41, 5.74) is 3.14. The second-order valence-electron chi connectivity index (χ2n) is 5.44. The molecule has 0 atom stereocenters. The van der Waals surface area contributed by atoms with Crippen molar-refractivity contribution in [2.24, 2.45) is 4.99 Å². The third-order valence-corrected chi connectivity index (χ3v) is 3.43. The quantitative estimate of drug-likeness (QED) is 0.276. The van der Waals surface area contributed by atoms with E-state index in [1.165, 1.54) is 5.56 Å². The maximum absolute atomic E-state index is 5.57. The predicted octanol–water partition coefficient (Wildman–Crippen LogP) is 3.01. The van der Waals surface area contributed by atoms with E-state index in [2.05, 4.69) is 39.7 Å². The van der Waals surface area contributed by atoms with Crippen LogP contribution in [0.2, 0.25) is 0 Å². The molecule has 138 valence electrons. The van der Waals surface area contributed by atoms with E-state index in [1.54, 1.807) is 13.4 Å². The zero-order valence-electron chi connectivity index (χ0n) is 15.0. The van der Waals surface area contributed by atoms with Crippen molar-refractivity contribution in [3.05, 3.63) is 41.8 Å². The Kier molecular flexibility index (Phi) is 10.2. The minimum Gasteiger partial charge on any atom is -0.444 e. The average molecular weight is 458 g/mol. The maximum Gasteiger partial charge on any atom is 0.226 e. The molecule has 1 aromatic heterocycles. The molecule has 0 unspecified atom stereocenters. The molecule has 7 heteroatoms. The van der Waals surface area contributed by atoms with Gasteiger partial charge in [-0.3, -0.25) is 4.99 Å². The molecule has 0 aliphatic heterocycles. The number of rotatable bonds is 8. The highest BCUT2D eigenvalue weighted by molar-refractivity contribution is 14.0. The van der Waals surface area contributed by atoms with Gasteiger partial charge in [0.25, 0.3) is 0 Å². The van der Waals surface area contributed by atoms with Gasteiger partial charge in [0.15, 0.2) is 5.96 Å². The maximum atomic E-state index is 5.57. The van der Waals surface area contributed by atoms with E-state index in [0.717, 1.165) is 36.7 Å². The van der Waals surface area contributed by atoms with Gasteiger partial charge in [0.2, 0.25) is 5.89 Å². The summed E-state index contributed by atoms with van der Waals surface area (Å²) in [6.45, 7) is 6.90. The standard InChI is InChI=1S/C18H26N4O2.HI/c1-4-19-18(21-11-12-23-3)20-10-9-16-13-24-17(22-16)15-7-5-14(2)6-8-15;/h5-8,13H,4,9-12H2,1-3H3,(H2,19,20,21);1H. The number of hydrogen-bond acceptors (Lipinski definition) is 4. The number of methoxy groups -OCH3 is 1. The van der Waals surface area contributed by atoms with Gasteiger partial charge in [0.1, 0.15) is 6.26 Å². The van der Waals surface area contributed by atoms with Crippen LogP contribution in [0.25, 0.3) is 11.5 Å². The van der Waals surface area contributed by atoms with Crippen LogP contribution in [0.15, 0.2) is 39.9 Å². The van der Waals surface area contributed by atoms with Gasteiger partial charge < -0.3 is 19.8 Å². The summed E-state index contributed by atoms with van der Waals surface area (Å²) >= 11 is 0. The monoisotopic (exact) mass is 458 g/mol. The van der Waals surface area contributed by atoms with E-state index in [-0.39, 0.29) is 24.0 Å². The van der Waals surface area contributed by atoms with Crippen LogP contribution < -0.4 is 10.6 Å². The molecular weight excluding hydrogens is 431 g/mol. The normalized spacial score (nSPS) is 11.1. The Balaban J connectivity index is 0.00000312. The van der Waals surface area contributed by atoms with Crippen LogP contribution >= 0.6 is 24.0 Å². The summed E-state index contributed by atoms with van der Waals surface area (Å²) in [6.07, 6.45) is 2.48. The number of aromatic nitrogens is 1. The predicted molar refractivity (Wildman–Crippen MR) is 112 cm³/mol. The van der Waals surface area contributed by atoms with Crippen molar-refractivity contribution >= 4 is 29.9 Å². The van der Waals surface area contributed by atoms with E-state index < -0.39 is 0 Å². The number of nitrogens with one attached hydrogen (secondary N) is 2. The van der Waals surface area contributed by atoms with Crippen molar-refractivity contribution in [2.45, 2.75) is 20.3 Å². The fourth-order valence-electron chi connectivity index (χ4n) is 2.15. The van der Waals surface area contributed by atoms with Gasteiger partial charge in [-0.05, 0) is 26.0 Å². The molecule has 0 spiro atoms. The molecule has 0 fully saturated rings. The molecule has 0 saturated carbocycles. The van der Waals surface area contributed by atoms with E-state index in [4.69, 9.17) is 9.15 Å². The molecule has 2 rings (SSSR count). The number of hydrogen-bond donors (Lipinski definition) is 2. The molecule has 0 aliphatic rings. The smallest absolute Gasteiger partial charge is 0.226 e. The van der Waals surface area contributed by atoms with Crippen LogP contribution in [-0.4, -0.2) is 44.3 Å². The number of halogens is 1. The molecular formula is C18H27IN4O2. The molecule has 0 radical (unpaired) electrons. The van der Waals surface area contributed by atoms with Gasteiger partial charge in [0.05, 0.1) is 18.8 Å². The molecule has 1 aromatic carbocycles. The van der Waals surface area contributed by atoms with E-state index >= 15 is 0 Å². The summed E-state index contributed by atoms with van der Waals surface area (Å²) in [4.78, 5) is 8.96. The Morgan fingerprint density at radius 2 is 2.00 bits per heavy atom. The number of aliphatic imine (C=N–C) groups is 1. The van der Waals surface area contributed by atoms with Crippen LogP contribution in [0.1, 0.15) is 18.2 Å². The third kappa shape index (κ3) is 7.43. The molecule has 6 nitrogen and oxygen atoms in total. The van der Waals surface area contributed by atoms with Crippen LogP contribution in [0.5, 0.6) is 0 Å². The number of aryl methyl sites for hydroxylation is 1.